The molecule has 1 heterocycles. The summed E-state index contributed by atoms with van der Waals surface area (Å²) in [6.07, 6.45) is 2.19. The van der Waals surface area contributed by atoms with Gasteiger partial charge in [-0.2, -0.15) is 0 Å². The molecule has 2 aromatic rings. The van der Waals surface area contributed by atoms with Gasteiger partial charge in [-0.1, -0.05) is 30.3 Å². The van der Waals surface area contributed by atoms with Crippen molar-refractivity contribution in [1.82, 2.24) is 4.90 Å². The smallest absolute Gasteiger partial charge is 0.260 e. The van der Waals surface area contributed by atoms with E-state index in [-0.39, 0.29) is 12.5 Å². The SMILES string of the molecule is NCc1c(OCC(=O)N2CCCC2)ccc2ccccc12. The molecule has 3 rings (SSSR count). The second-order valence-corrected chi connectivity index (χ2v) is 5.34. The number of rotatable bonds is 4. The highest BCUT2D eigenvalue weighted by atomic mass is 16.5. The molecule has 0 spiro atoms. The summed E-state index contributed by atoms with van der Waals surface area (Å²) in [4.78, 5) is 13.9. The highest BCUT2D eigenvalue weighted by molar-refractivity contribution is 5.88. The molecule has 1 amide bonds. The van der Waals surface area contributed by atoms with Crippen LogP contribution < -0.4 is 10.5 Å². The first-order valence-corrected chi connectivity index (χ1v) is 7.41. The van der Waals surface area contributed by atoms with Crippen molar-refractivity contribution in [3.8, 4) is 5.75 Å². The molecule has 0 aliphatic carbocycles. The Morgan fingerprint density at radius 1 is 1.14 bits per heavy atom. The van der Waals surface area contributed by atoms with E-state index in [4.69, 9.17) is 10.5 Å². The molecule has 4 nitrogen and oxygen atoms in total. The lowest BCUT2D eigenvalue weighted by atomic mass is 10.0. The highest BCUT2D eigenvalue weighted by Crippen LogP contribution is 2.27. The number of benzene rings is 2. The van der Waals surface area contributed by atoms with Crippen molar-refractivity contribution in [1.29, 1.82) is 0 Å². The summed E-state index contributed by atoms with van der Waals surface area (Å²) in [5.41, 5.74) is 6.83. The maximum Gasteiger partial charge on any atom is 0.260 e. The second-order valence-electron chi connectivity index (χ2n) is 5.34. The first-order valence-electron chi connectivity index (χ1n) is 7.41. The Balaban J connectivity index is 1.78. The Morgan fingerprint density at radius 2 is 1.90 bits per heavy atom. The van der Waals surface area contributed by atoms with E-state index < -0.39 is 0 Å². The van der Waals surface area contributed by atoms with Crippen molar-refractivity contribution < 1.29 is 9.53 Å². The molecule has 0 saturated carbocycles. The molecule has 0 bridgehead atoms. The molecule has 1 aliphatic rings. The van der Waals surface area contributed by atoms with Crippen LogP contribution in [-0.4, -0.2) is 30.5 Å². The number of fused-ring (bicyclic) bond motifs is 1. The fourth-order valence-corrected chi connectivity index (χ4v) is 2.86. The minimum absolute atomic E-state index is 0.0589. The van der Waals surface area contributed by atoms with Crippen LogP contribution >= 0.6 is 0 Å². The molecule has 0 atom stereocenters. The van der Waals surface area contributed by atoms with Gasteiger partial charge in [0.25, 0.3) is 5.91 Å². The predicted molar refractivity (Wildman–Crippen MR) is 83.1 cm³/mol. The van der Waals surface area contributed by atoms with Gasteiger partial charge in [-0.3, -0.25) is 4.79 Å². The normalized spacial score (nSPS) is 14.6. The van der Waals surface area contributed by atoms with Gasteiger partial charge in [0.1, 0.15) is 5.75 Å². The number of carbonyl (C=O) groups excluding carboxylic acids is 1. The van der Waals surface area contributed by atoms with Crippen molar-refractivity contribution in [2.24, 2.45) is 5.73 Å². The monoisotopic (exact) mass is 284 g/mol. The zero-order valence-electron chi connectivity index (χ0n) is 12.0. The molecule has 1 aliphatic heterocycles. The van der Waals surface area contributed by atoms with Crippen LogP contribution in [0.25, 0.3) is 10.8 Å². The highest BCUT2D eigenvalue weighted by Gasteiger charge is 2.18. The maximum atomic E-state index is 12.1. The molecule has 0 radical (unpaired) electrons. The summed E-state index contributed by atoms with van der Waals surface area (Å²) < 4.78 is 5.74. The van der Waals surface area contributed by atoms with Crippen LogP contribution in [0.3, 0.4) is 0 Å². The van der Waals surface area contributed by atoms with Crippen molar-refractivity contribution in [2.45, 2.75) is 19.4 Å². The van der Waals surface area contributed by atoms with Gasteiger partial charge >= 0.3 is 0 Å². The lowest BCUT2D eigenvalue weighted by Gasteiger charge is -2.17. The number of hydrogen-bond donors (Lipinski definition) is 1. The van der Waals surface area contributed by atoms with Crippen LogP contribution in [0.4, 0.5) is 0 Å². The first kappa shape index (κ1) is 13.9. The van der Waals surface area contributed by atoms with E-state index in [9.17, 15) is 4.79 Å². The van der Waals surface area contributed by atoms with E-state index in [1.807, 2.05) is 41.3 Å². The summed E-state index contributed by atoms with van der Waals surface area (Å²) in [7, 11) is 0. The summed E-state index contributed by atoms with van der Waals surface area (Å²) >= 11 is 0. The Bertz CT molecular complexity index is 648. The number of nitrogens with zero attached hydrogens (tertiary/aromatic N) is 1. The quantitative estimate of drug-likeness (QED) is 0.937. The third kappa shape index (κ3) is 2.85. The van der Waals surface area contributed by atoms with Gasteiger partial charge in [0.15, 0.2) is 6.61 Å². The Morgan fingerprint density at radius 3 is 2.67 bits per heavy atom. The number of amides is 1. The molecule has 0 aromatic heterocycles. The summed E-state index contributed by atoms with van der Waals surface area (Å²) in [5.74, 6) is 0.771. The van der Waals surface area contributed by atoms with E-state index in [0.29, 0.717) is 12.3 Å². The van der Waals surface area contributed by atoms with Crippen LogP contribution in [0.1, 0.15) is 18.4 Å². The van der Waals surface area contributed by atoms with Crippen molar-refractivity contribution in [3.63, 3.8) is 0 Å². The molecule has 1 saturated heterocycles. The van der Waals surface area contributed by atoms with Gasteiger partial charge in [-0.05, 0) is 29.7 Å². The van der Waals surface area contributed by atoms with Gasteiger partial charge in [-0.15, -0.1) is 0 Å². The molecule has 110 valence electrons. The lowest BCUT2D eigenvalue weighted by Crippen LogP contribution is -2.32. The zero-order valence-corrected chi connectivity index (χ0v) is 12.0. The van der Waals surface area contributed by atoms with E-state index in [1.54, 1.807) is 0 Å². The summed E-state index contributed by atoms with van der Waals surface area (Å²) in [5, 5.41) is 2.22. The Hall–Kier alpha value is -2.07. The van der Waals surface area contributed by atoms with Crippen molar-refractivity contribution in [3.05, 3.63) is 42.0 Å². The van der Waals surface area contributed by atoms with Crippen LogP contribution in [0.5, 0.6) is 5.75 Å². The van der Waals surface area contributed by atoms with Gasteiger partial charge in [0, 0.05) is 25.2 Å². The third-order valence-electron chi connectivity index (χ3n) is 4.01. The average Bonchev–Trinajstić information content (AvgIpc) is 3.06. The van der Waals surface area contributed by atoms with Crippen molar-refractivity contribution in [2.75, 3.05) is 19.7 Å². The number of nitrogens with two attached hydrogens (primary N) is 1. The standard InChI is InChI=1S/C17H20N2O2/c18-11-15-14-6-2-1-5-13(14)7-8-16(15)21-12-17(20)19-9-3-4-10-19/h1-2,5-8H,3-4,9-12,18H2. The fraction of sp³-hybridized carbons (Fsp3) is 0.353. The maximum absolute atomic E-state index is 12.1. The van der Waals surface area contributed by atoms with Crippen LogP contribution in [-0.2, 0) is 11.3 Å². The predicted octanol–water partition coefficient (Wildman–Crippen LogP) is 2.30. The first-order chi connectivity index (χ1) is 10.3. The minimum Gasteiger partial charge on any atom is -0.483 e. The molecule has 0 unspecified atom stereocenters. The summed E-state index contributed by atoms with van der Waals surface area (Å²) in [6.45, 7) is 2.19. The van der Waals surface area contributed by atoms with E-state index in [0.717, 1.165) is 42.3 Å². The zero-order chi connectivity index (χ0) is 14.7. The lowest BCUT2D eigenvalue weighted by molar-refractivity contribution is -0.132. The molecular formula is C17H20N2O2. The molecular weight excluding hydrogens is 264 g/mol. The van der Waals surface area contributed by atoms with Gasteiger partial charge in [-0.25, -0.2) is 0 Å². The van der Waals surface area contributed by atoms with Gasteiger partial charge in [0.2, 0.25) is 0 Å². The van der Waals surface area contributed by atoms with Crippen molar-refractivity contribution >= 4 is 16.7 Å². The Kier molecular flexibility index (Phi) is 4.06. The molecule has 2 aromatic carbocycles. The molecule has 1 fully saturated rings. The number of hydrogen-bond acceptors (Lipinski definition) is 3. The van der Waals surface area contributed by atoms with E-state index in [2.05, 4.69) is 0 Å². The Labute approximate surface area is 124 Å². The number of likely N-dealkylation sites (tertiary alicyclic amines) is 1. The second kappa shape index (κ2) is 6.14. The molecule has 4 heteroatoms. The minimum atomic E-state index is 0.0589. The molecule has 21 heavy (non-hydrogen) atoms. The van der Waals surface area contributed by atoms with Gasteiger partial charge in [0.05, 0.1) is 0 Å². The van der Waals surface area contributed by atoms with Crippen LogP contribution in [0, 0.1) is 0 Å². The van der Waals surface area contributed by atoms with Gasteiger partial charge < -0.3 is 15.4 Å². The largest absolute Gasteiger partial charge is 0.483 e. The van der Waals surface area contributed by atoms with E-state index >= 15 is 0 Å². The average molecular weight is 284 g/mol. The van der Waals surface area contributed by atoms with E-state index in [1.165, 1.54) is 0 Å². The summed E-state index contributed by atoms with van der Waals surface area (Å²) in [6, 6.07) is 12.0. The van der Waals surface area contributed by atoms with Crippen LogP contribution in [0.15, 0.2) is 36.4 Å². The molecule has 2 N–H and O–H groups in total. The number of ether oxygens (including phenoxy) is 1. The fourth-order valence-electron chi connectivity index (χ4n) is 2.86. The topological polar surface area (TPSA) is 55.6 Å². The third-order valence-corrected chi connectivity index (χ3v) is 4.01. The number of carbonyl (C=O) groups is 1. The van der Waals surface area contributed by atoms with Crippen LogP contribution in [0.2, 0.25) is 0 Å².